The summed E-state index contributed by atoms with van der Waals surface area (Å²) < 4.78 is 23.1. The molecule has 0 radical (unpaired) electrons. The minimum absolute atomic E-state index is 0.0450. The maximum absolute atomic E-state index is 12.4. The van der Waals surface area contributed by atoms with Gasteiger partial charge in [0, 0.05) is 11.3 Å². The zero-order chi connectivity index (χ0) is 16.9. The number of rotatable bonds is 2. The predicted octanol–water partition coefficient (Wildman–Crippen LogP) is 1.93. The molecule has 1 aromatic heterocycles. The molecule has 1 aliphatic carbocycles. The van der Waals surface area contributed by atoms with Gasteiger partial charge < -0.3 is 5.32 Å². The Labute approximate surface area is 137 Å². The summed E-state index contributed by atoms with van der Waals surface area (Å²) in [6, 6.07) is 0. The maximum Gasteiger partial charge on any atom is 0.228 e. The van der Waals surface area contributed by atoms with Crippen LogP contribution in [0, 0.1) is 11.3 Å². The highest BCUT2D eigenvalue weighted by molar-refractivity contribution is 7.91. The Balaban J connectivity index is 1.61. The molecule has 1 aromatic rings. The minimum Gasteiger partial charge on any atom is -0.323 e. The molecule has 1 spiro atoms. The fourth-order valence-electron chi connectivity index (χ4n) is 3.22. The molecule has 2 aliphatic rings. The van der Waals surface area contributed by atoms with Crippen LogP contribution >= 0.6 is 0 Å². The molecule has 1 unspecified atom stereocenters. The van der Waals surface area contributed by atoms with Crippen molar-refractivity contribution in [3.05, 3.63) is 18.2 Å². The Kier molecular flexibility index (Phi) is 3.74. The van der Waals surface area contributed by atoms with Crippen molar-refractivity contribution in [2.24, 2.45) is 11.3 Å². The van der Waals surface area contributed by atoms with Gasteiger partial charge in [-0.25, -0.2) is 18.4 Å². The number of hydrogen-bond donors (Lipinski definition) is 1. The number of sulfone groups is 1. The molecule has 23 heavy (non-hydrogen) atoms. The maximum atomic E-state index is 12.4. The highest BCUT2D eigenvalue weighted by atomic mass is 32.2. The Morgan fingerprint density at radius 2 is 1.78 bits per heavy atom. The standard InChI is InChI=1S/C16H23N3O3S/c1-15(2,3)14-17-9-11(10-18-14)19-13(20)12-8-16(12)4-6-23(21,22)7-5-16/h9-10,12H,4-8H2,1-3H3,(H,19,20). The second kappa shape index (κ2) is 5.26. The van der Waals surface area contributed by atoms with Gasteiger partial charge in [0.15, 0.2) is 0 Å². The SMILES string of the molecule is CC(C)(C)c1ncc(NC(=O)C2CC23CCS(=O)(=O)CC3)cn1. The number of hydrogen-bond acceptors (Lipinski definition) is 5. The van der Waals surface area contributed by atoms with Crippen LogP contribution in [0.5, 0.6) is 0 Å². The summed E-state index contributed by atoms with van der Waals surface area (Å²) in [5, 5.41) is 2.86. The van der Waals surface area contributed by atoms with Crippen molar-refractivity contribution < 1.29 is 13.2 Å². The molecule has 1 aliphatic heterocycles. The van der Waals surface area contributed by atoms with Crippen LogP contribution in [-0.4, -0.2) is 35.8 Å². The molecule has 126 valence electrons. The smallest absolute Gasteiger partial charge is 0.228 e. The molecule has 6 nitrogen and oxygen atoms in total. The molecule has 0 aromatic carbocycles. The van der Waals surface area contributed by atoms with E-state index in [-0.39, 0.29) is 34.2 Å². The van der Waals surface area contributed by atoms with Crippen molar-refractivity contribution >= 4 is 21.4 Å². The van der Waals surface area contributed by atoms with Crippen molar-refractivity contribution in [1.29, 1.82) is 0 Å². The molecule has 2 fully saturated rings. The molecule has 1 N–H and O–H groups in total. The van der Waals surface area contributed by atoms with Crippen LogP contribution in [-0.2, 0) is 20.0 Å². The van der Waals surface area contributed by atoms with Crippen LogP contribution < -0.4 is 5.32 Å². The first-order valence-corrected chi connectivity index (χ1v) is 9.77. The number of nitrogens with one attached hydrogen (secondary N) is 1. The van der Waals surface area contributed by atoms with Gasteiger partial charge in [-0.05, 0) is 24.7 Å². The molecule has 7 heteroatoms. The third-order valence-electron chi connectivity index (χ3n) is 4.92. The third kappa shape index (κ3) is 3.39. The van der Waals surface area contributed by atoms with E-state index in [4.69, 9.17) is 0 Å². The minimum atomic E-state index is -2.89. The Hall–Kier alpha value is -1.50. The van der Waals surface area contributed by atoms with Gasteiger partial charge in [0.1, 0.15) is 15.7 Å². The number of aromatic nitrogens is 2. The molecule has 2 heterocycles. The van der Waals surface area contributed by atoms with Gasteiger partial charge in [0.25, 0.3) is 0 Å². The summed E-state index contributed by atoms with van der Waals surface area (Å²) in [4.78, 5) is 21.0. The van der Waals surface area contributed by atoms with E-state index in [1.54, 1.807) is 12.4 Å². The molecule has 0 bridgehead atoms. The highest BCUT2D eigenvalue weighted by Gasteiger charge is 2.59. The lowest BCUT2D eigenvalue weighted by atomic mass is 9.96. The summed E-state index contributed by atoms with van der Waals surface area (Å²) in [7, 11) is -2.89. The van der Waals surface area contributed by atoms with Crippen LogP contribution in [0.4, 0.5) is 5.69 Å². The lowest BCUT2D eigenvalue weighted by molar-refractivity contribution is -0.118. The number of carbonyl (C=O) groups excluding carboxylic acids is 1. The first-order chi connectivity index (χ1) is 10.6. The summed E-state index contributed by atoms with van der Waals surface area (Å²) in [6.45, 7) is 6.10. The summed E-state index contributed by atoms with van der Waals surface area (Å²) in [5.41, 5.74) is 0.367. The fourth-order valence-corrected chi connectivity index (χ4v) is 4.86. The summed E-state index contributed by atoms with van der Waals surface area (Å²) >= 11 is 0. The van der Waals surface area contributed by atoms with Crippen molar-refractivity contribution in [1.82, 2.24) is 9.97 Å². The van der Waals surface area contributed by atoms with Gasteiger partial charge in [0.2, 0.25) is 5.91 Å². The predicted molar refractivity (Wildman–Crippen MR) is 87.8 cm³/mol. The number of carbonyl (C=O) groups is 1. The largest absolute Gasteiger partial charge is 0.323 e. The van der Waals surface area contributed by atoms with Crippen LogP contribution in [0.3, 0.4) is 0 Å². The van der Waals surface area contributed by atoms with E-state index < -0.39 is 9.84 Å². The van der Waals surface area contributed by atoms with Gasteiger partial charge in [-0.15, -0.1) is 0 Å². The van der Waals surface area contributed by atoms with E-state index in [0.29, 0.717) is 18.5 Å². The lowest BCUT2D eigenvalue weighted by Crippen LogP contribution is -2.28. The second-order valence-electron chi connectivity index (χ2n) is 7.81. The van der Waals surface area contributed by atoms with E-state index in [1.807, 2.05) is 20.8 Å². The highest BCUT2D eigenvalue weighted by Crippen LogP contribution is 2.60. The third-order valence-corrected chi connectivity index (χ3v) is 6.57. The molecule has 1 atom stereocenters. The first kappa shape index (κ1) is 16.4. The van der Waals surface area contributed by atoms with Crippen LogP contribution in [0.2, 0.25) is 0 Å². The molecule has 1 amide bonds. The number of amides is 1. The Morgan fingerprint density at radius 1 is 1.22 bits per heavy atom. The van der Waals surface area contributed by atoms with Crippen molar-refractivity contribution in [2.45, 2.75) is 45.4 Å². The van der Waals surface area contributed by atoms with E-state index in [9.17, 15) is 13.2 Å². The first-order valence-electron chi connectivity index (χ1n) is 7.95. The normalized spacial score (nSPS) is 25.1. The summed E-state index contributed by atoms with van der Waals surface area (Å²) in [5.74, 6) is 1.02. The zero-order valence-corrected chi connectivity index (χ0v) is 14.6. The Bertz CT molecular complexity index is 706. The van der Waals surface area contributed by atoms with E-state index >= 15 is 0 Å². The number of nitrogens with zero attached hydrogens (tertiary/aromatic N) is 2. The number of anilines is 1. The topological polar surface area (TPSA) is 89.0 Å². The van der Waals surface area contributed by atoms with E-state index in [1.165, 1.54) is 0 Å². The van der Waals surface area contributed by atoms with Crippen LogP contribution in [0.1, 0.15) is 45.9 Å². The van der Waals surface area contributed by atoms with E-state index in [2.05, 4.69) is 15.3 Å². The van der Waals surface area contributed by atoms with Gasteiger partial charge >= 0.3 is 0 Å². The lowest BCUT2D eigenvalue weighted by Gasteiger charge is -2.22. The molecule has 1 saturated carbocycles. The van der Waals surface area contributed by atoms with Crippen molar-refractivity contribution in [3.8, 4) is 0 Å². The average Bonchev–Trinajstić information content (AvgIpc) is 3.17. The molecular formula is C16H23N3O3S. The average molecular weight is 337 g/mol. The fraction of sp³-hybridized carbons (Fsp3) is 0.688. The van der Waals surface area contributed by atoms with Crippen LogP contribution in [0.15, 0.2) is 12.4 Å². The molecule has 1 saturated heterocycles. The van der Waals surface area contributed by atoms with Gasteiger partial charge in [-0.3, -0.25) is 4.79 Å². The van der Waals surface area contributed by atoms with Crippen molar-refractivity contribution in [2.75, 3.05) is 16.8 Å². The quantitative estimate of drug-likeness (QED) is 0.890. The van der Waals surface area contributed by atoms with Gasteiger partial charge in [-0.1, -0.05) is 20.8 Å². The Morgan fingerprint density at radius 3 is 2.30 bits per heavy atom. The zero-order valence-electron chi connectivity index (χ0n) is 13.8. The van der Waals surface area contributed by atoms with Crippen molar-refractivity contribution in [3.63, 3.8) is 0 Å². The summed E-state index contributed by atoms with van der Waals surface area (Å²) in [6.07, 6.45) is 5.26. The monoisotopic (exact) mass is 337 g/mol. The van der Waals surface area contributed by atoms with E-state index in [0.717, 1.165) is 12.2 Å². The van der Waals surface area contributed by atoms with Crippen LogP contribution in [0.25, 0.3) is 0 Å². The molecule has 3 rings (SSSR count). The molecular weight excluding hydrogens is 314 g/mol. The second-order valence-corrected chi connectivity index (χ2v) is 10.1. The van der Waals surface area contributed by atoms with Gasteiger partial charge in [0.05, 0.1) is 29.6 Å². The van der Waals surface area contributed by atoms with Gasteiger partial charge in [-0.2, -0.15) is 0 Å².